The van der Waals surface area contributed by atoms with E-state index in [1.165, 1.54) is 10.6 Å². The average molecular weight is 428 g/mol. The van der Waals surface area contributed by atoms with Crippen LogP contribution in [0.3, 0.4) is 0 Å². The van der Waals surface area contributed by atoms with E-state index in [9.17, 15) is 24.0 Å². The largest absolute Gasteiger partial charge is 0.350 e. The maximum absolute atomic E-state index is 12.2. The Morgan fingerprint density at radius 3 is 2.47 bits per heavy atom. The third-order valence-corrected chi connectivity index (χ3v) is 5.22. The molecule has 3 rings (SSSR count). The molecule has 1 aromatic heterocycles. The second kappa shape index (κ2) is 9.40. The van der Waals surface area contributed by atoms with Crippen molar-refractivity contribution < 1.29 is 19.2 Å². The lowest BCUT2D eigenvalue weighted by atomic mass is 10.2. The molecule has 0 atom stereocenters. The second-order valence-electron chi connectivity index (χ2n) is 6.65. The van der Waals surface area contributed by atoms with Crippen molar-refractivity contribution >= 4 is 40.4 Å². The summed E-state index contributed by atoms with van der Waals surface area (Å²) in [5.41, 5.74) is 1.43. The summed E-state index contributed by atoms with van der Waals surface area (Å²) in [5.74, 6) is -0.840. The van der Waals surface area contributed by atoms with Crippen molar-refractivity contribution in [3.63, 3.8) is 0 Å². The quantitative estimate of drug-likeness (QED) is 0.685. The van der Waals surface area contributed by atoms with Crippen LogP contribution in [-0.2, 0) is 16.1 Å². The molecule has 10 heteroatoms. The third kappa shape index (κ3) is 5.35. The lowest BCUT2D eigenvalue weighted by molar-refractivity contribution is -0.124. The number of carbonyl (C=O) groups is 4. The number of benzene rings is 1. The van der Waals surface area contributed by atoms with Gasteiger partial charge in [-0.05, 0) is 42.8 Å². The monoisotopic (exact) mass is 428 g/mol. The zero-order valence-corrected chi connectivity index (χ0v) is 17.0. The number of anilines is 1. The van der Waals surface area contributed by atoms with Crippen molar-refractivity contribution in [1.82, 2.24) is 14.8 Å². The van der Waals surface area contributed by atoms with E-state index in [0.717, 1.165) is 22.2 Å². The van der Waals surface area contributed by atoms with Gasteiger partial charge >= 0.3 is 0 Å². The molecule has 30 heavy (non-hydrogen) atoms. The molecule has 0 aliphatic carbocycles. The van der Waals surface area contributed by atoms with Gasteiger partial charge in [-0.15, -0.1) is 0 Å². The number of hydrogen-bond acceptors (Lipinski definition) is 6. The van der Waals surface area contributed by atoms with Crippen LogP contribution < -0.4 is 16.2 Å². The first-order valence-corrected chi connectivity index (χ1v) is 10.1. The normalized spacial score (nSPS) is 13.4. The highest BCUT2D eigenvalue weighted by Gasteiger charge is 2.29. The molecular weight excluding hydrogens is 408 g/mol. The summed E-state index contributed by atoms with van der Waals surface area (Å²) in [6, 6.07) is 9.45. The van der Waals surface area contributed by atoms with Crippen molar-refractivity contribution in [3.05, 3.63) is 64.1 Å². The Hall–Kier alpha value is -3.40. The molecule has 0 unspecified atom stereocenters. The number of pyridine rings is 1. The predicted octanol–water partition coefficient (Wildman–Crippen LogP) is 1.22. The minimum Gasteiger partial charge on any atom is -0.350 e. The smallest absolute Gasteiger partial charge is 0.288 e. The molecule has 0 saturated carbocycles. The van der Waals surface area contributed by atoms with Crippen LogP contribution in [0.1, 0.15) is 15.9 Å². The Morgan fingerprint density at radius 1 is 1.10 bits per heavy atom. The van der Waals surface area contributed by atoms with Gasteiger partial charge in [0.05, 0.1) is 5.75 Å². The van der Waals surface area contributed by atoms with Crippen molar-refractivity contribution in [3.8, 4) is 0 Å². The van der Waals surface area contributed by atoms with E-state index in [-0.39, 0.29) is 53.9 Å². The standard InChI is InChI=1S/C20H20N4O5S/c1-13-6-8-23(17(26)10-13)11-16(25)22-15-4-2-14(3-5-15)19(28)21-7-9-24-18(27)12-30-20(24)29/h2-6,8,10H,7,9,11-12H2,1H3,(H,21,28)(H,22,25). The molecule has 9 nitrogen and oxygen atoms in total. The topological polar surface area (TPSA) is 118 Å². The SMILES string of the molecule is Cc1ccn(CC(=O)Nc2ccc(C(=O)NCCN3C(=O)CSC3=O)cc2)c(=O)c1. The number of carbonyl (C=O) groups excluding carboxylic acids is 4. The molecule has 156 valence electrons. The minimum atomic E-state index is -0.365. The van der Waals surface area contributed by atoms with Gasteiger partial charge < -0.3 is 15.2 Å². The van der Waals surface area contributed by atoms with Gasteiger partial charge in [0.1, 0.15) is 6.54 Å². The lowest BCUT2D eigenvalue weighted by Gasteiger charge is -2.13. The molecule has 1 aromatic carbocycles. The molecule has 0 radical (unpaired) electrons. The van der Waals surface area contributed by atoms with E-state index in [0.29, 0.717) is 11.3 Å². The zero-order valence-electron chi connectivity index (χ0n) is 16.2. The maximum atomic E-state index is 12.2. The van der Waals surface area contributed by atoms with Crippen LogP contribution in [0.2, 0.25) is 0 Å². The predicted molar refractivity (Wildman–Crippen MR) is 112 cm³/mol. The highest BCUT2D eigenvalue weighted by Crippen LogP contribution is 2.17. The summed E-state index contributed by atoms with van der Waals surface area (Å²) in [5, 5.41) is 5.02. The van der Waals surface area contributed by atoms with Crippen LogP contribution in [0.25, 0.3) is 0 Å². The molecule has 2 N–H and O–H groups in total. The Balaban J connectivity index is 1.49. The fraction of sp³-hybridized carbons (Fsp3) is 0.250. The lowest BCUT2D eigenvalue weighted by Crippen LogP contribution is -2.37. The molecule has 1 aliphatic heterocycles. The van der Waals surface area contributed by atoms with E-state index in [1.807, 2.05) is 0 Å². The van der Waals surface area contributed by atoms with Gasteiger partial charge in [0.2, 0.25) is 11.8 Å². The van der Waals surface area contributed by atoms with E-state index in [2.05, 4.69) is 10.6 Å². The number of nitrogens with one attached hydrogen (secondary N) is 2. The maximum Gasteiger partial charge on any atom is 0.288 e. The highest BCUT2D eigenvalue weighted by atomic mass is 32.2. The molecule has 1 saturated heterocycles. The number of aryl methyl sites for hydroxylation is 1. The van der Waals surface area contributed by atoms with Gasteiger partial charge in [0, 0.05) is 36.6 Å². The Kier molecular flexibility index (Phi) is 6.68. The molecule has 4 amide bonds. The summed E-state index contributed by atoms with van der Waals surface area (Å²) in [7, 11) is 0. The van der Waals surface area contributed by atoms with E-state index in [4.69, 9.17) is 0 Å². The number of aromatic nitrogens is 1. The number of rotatable bonds is 7. The number of amides is 4. The van der Waals surface area contributed by atoms with Gasteiger partial charge in [0.25, 0.3) is 16.7 Å². The third-order valence-electron chi connectivity index (χ3n) is 4.36. The molecule has 1 aliphatic rings. The van der Waals surface area contributed by atoms with Crippen molar-refractivity contribution in [1.29, 1.82) is 0 Å². The van der Waals surface area contributed by atoms with Crippen LogP contribution in [0.15, 0.2) is 47.4 Å². The molecular formula is C20H20N4O5S. The number of thioether (sulfide) groups is 1. The van der Waals surface area contributed by atoms with Crippen molar-refractivity contribution in [2.45, 2.75) is 13.5 Å². The summed E-state index contributed by atoms with van der Waals surface area (Å²) < 4.78 is 1.30. The highest BCUT2D eigenvalue weighted by molar-refractivity contribution is 8.14. The van der Waals surface area contributed by atoms with Gasteiger partial charge in [-0.3, -0.25) is 28.9 Å². The van der Waals surface area contributed by atoms with Crippen LogP contribution in [0.4, 0.5) is 10.5 Å². The fourth-order valence-electron chi connectivity index (χ4n) is 2.78. The number of imide groups is 1. The van der Waals surface area contributed by atoms with E-state index >= 15 is 0 Å². The molecule has 2 aromatic rings. The first-order valence-electron chi connectivity index (χ1n) is 9.16. The summed E-state index contributed by atoms with van der Waals surface area (Å²) in [6.45, 7) is 1.96. The van der Waals surface area contributed by atoms with E-state index in [1.54, 1.807) is 43.5 Å². The number of hydrogen-bond donors (Lipinski definition) is 2. The zero-order chi connectivity index (χ0) is 21.7. The van der Waals surface area contributed by atoms with Crippen molar-refractivity contribution in [2.24, 2.45) is 0 Å². The first-order chi connectivity index (χ1) is 14.3. The average Bonchev–Trinajstić information content (AvgIpc) is 3.02. The van der Waals surface area contributed by atoms with Crippen LogP contribution in [0.5, 0.6) is 0 Å². The second-order valence-corrected chi connectivity index (χ2v) is 7.58. The van der Waals surface area contributed by atoms with Gasteiger partial charge in [-0.25, -0.2) is 0 Å². The fourth-order valence-corrected chi connectivity index (χ4v) is 3.53. The van der Waals surface area contributed by atoms with Gasteiger partial charge in [-0.1, -0.05) is 11.8 Å². The Morgan fingerprint density at radius 2 is 1.83 bits per heavy atom. The molecule has 0 spiro atoms. The van der Waals surface area contributed by atoms with Crippen LogP contribution in [0, 0.1) is 6.92 Å². The minimum absolute atomic E-state index is 0.117. The molecule has 2 heterocycles. The van der Waals surface area contributed by atoms with Crippen LogP contribution >= 0.6 is 11.8 Å². The van der Waals surface area contributed by atoms with Gasteiger partial charge in [-0.2, -0.15) is 0 Å². The summed E-state index contributed by atoms with van der Waals surface area (Å²) >= 11 is 0.948. The first kappa shape index (κ1) is 21.3. The molecule has 0 bridgehead atoms. The van der Waals surface area contributed by atoms with Crippen LogP contribution in [-0.4, -0.2) is 51.3 Å². The molecule has 1 fully saturated rings. The Labute approximate surface area is 176 Å². The van der Waals surface area contributed by atoms with Crippen molar-refractivity contribution in [2.75, 3.05) is 24.2 Å². The Bertz CT molecular complexity index is 1030. The van der Waals surface area contributed by atoms with Gasteiger partial charge in [0.15, 0.2) is 0 Å². The number of nitrogens with zero attached hydrogens (tertiary/aromatic N) is 2. The summed E-state index contributed by atoms with van der Waals surface area (Å²) in [6.07, 6.45) is 1.56. The van der Waals surface area contributed by atoms with E-state index < -0.39 is 0 Å². The summed E-state index contributed by atoms with van der Waals surface area (Å²) in [4.78, 5) is 60.3.